The number of aromatic nitrogens is 2. The number of fused-ring (bicyclic) bond motifs is 1. The summed E-state index contributed by atoms with van der Waals surface area (Å²) >= 11 is 0. The van der Waals surface area contributed by atoms with Crippen molar-refractivity contribution in [1.29, 1.82) is 0 Å². The highest BCUT2D eigenvalue weighted by atomic mass is 16.1. The zero-order valence-electron chi connectivity index (χ0n) is 10.8. The van der Waals surface area contributed by atoms with E-state index in [2.05, 4.69) is 20.4 Å². The zero-order chi connectivity index (χ0) is 13.2. The summed E-state index contributed by atoms with van der Waals surface area (Å²) in [6.45, 7) is 1.93. The molecule has 0 radical (unpaired) electrons. The molecule has 2 aromatic rings. The first-order valence-corrected chi connectivity index (χ1v) is 6.69. The number of carbonyl (C=O) groups excluding carboxylic acids is 1. The van der Waals surface area contributed by atoms with Crippen LogP contribution in [-0.2, 0) is 4.79 Å². The summed E-state index contributed by atoms with van der Waals surface area (Å²) in [6.07, 6.45) is 6.37. The Morgan fingerprint density at radius 1 is 1.37 bits per heavy atom. The lowest BCUT2D eigenvalue weighted by Gasteiger charge is -2.33. The van der Waals surface area contributed by atoms with Crippen LogP contribution in [0.5, 0.6) is 0 Å². The molecule has 1 fully saturated rings. The second-order valence-corrected chi connectivity index (χ2v) is 5.14. The van der Waals surface area contributed by atoms with E-state index in [1.807, 2.05) is 24.5 Å². The molecule has 1 saturated heterocycles. The van der Waals surface area contributed by atoms with Crippen LogP contribution in [0.2, 0.25) is 0 Å². The maximum absolute atomic E-state index is 11.0. The normalized spacial score (nSPS) is 16.9. The van der Waals surface area contributed by atoms with E-state index < -0.39 is 0 Å². The van der Waals surface area contributed by atoms with Crippen LogP contribution >= 0.6 is 0 Å². The van der Waals surface area contributed by atoms with Gasteiger partial charge < -0.3 is 10.6 Å². The number of carbonyl (C=O) groups is 1. The minimum Gasteiger partial charge on any atom is -0.370 e. The van der Waals surface area contributed by atoms with Gasteiger partial charge in [-0.15, -0.1) is 0 Å². The Morgan fingerprint density at radius 2 is 2.16 bits per heavy atom. The molecule has 0 unspecified atom stereocenters. The monoisotopic (exact) mass is 258 g/mol. The highest BCUT2D eigenvalue weighted by Crippen LogP contribution is 2.25. The van der Waals surface area contributed by atoms with E-state index in [0.717, 1.165) is 31.6 Å². The molecule has 3 heterocycles. The van der Waals surface area contributed by atoms with Crippen molar-refractivity contribution < 1.29 is 4.79 Å². The number of pyridine rings is 1. The van der Waals surface area contributed by atoms with Crippen molar-refractivity contribution in [2.45, 2.75) is 19.3 Å². The highest BCUT2D eigenvalue weighted by Gasteiger charge is 2.21. The molecule has 100 valence electrons. The van der Waals surface area contributed by atoms with Crippen LogP contribution < -0.4 is 10.6 Å². The van der Waals surface area contributed by atoms with Gasteiger partial charge in [0.2, 0.25) is 5.91 Å². The van der Waals surface area contributed by atoms with Gasteiger partial charge in [0.05, 0.1) is 0 Å². The van der Waals surface area contributed by atoms with Crippen LogP contribution in [0.15, 0.2) is 30.6 Å². The standard InChI is InChI=1S/C14H18N4O/c15-12(19)10-11-4-7-17(8-5-11)14-3-1-2-13-16-6-9-18(13)14/h1-3,6,9,11H,4-5,7-8,10H2,(H2,15,19). The minimum absolute atomic E-state index is 0.185. The molecule has 1 aliphatic heterocycles. The number of imidazole rings is 1. The molecule has 19 heavy (non-hydrogen) atoms. The van der Waals surface area contributed by atoms with E-state index in [-0.39, 0.29) is 5.91 Å². The number of piperidine rings is 1. The molecule has 0 aromatic carbocycles. The molecule has 0 bridgehead atoms. The first-order valence-electron chi connectivity index (χ1n) is 6.69. The van der Waals surface area contributed by atoms with Crippen molar-refractivity contribution in [3.05, 3.63) is 30.6 Å². The SMILES string of the molecule is NC(=O)CC1CCN(c2cccc3nccn23)CC1. The van der Waals surface area contributed by atoms with E-state index >= 15 is 0 Å². The third-order valence-electron chi connectivity index (χ3n) is 3.84. The van der Waals surface area contributed by atoms with Gasteiger partial charge in [0.15, 0.2) is 0 Å². The van der Waals surface area contributed by atoms with Crippen molar-refractivity contribution in [2.24, 2.45) is 11.7 Å². The number of hydrogen-bond donors (Lipinski definition) is 1. The fourth-order valence-electron chi connectivity index (χ4n) is 2.84. The lowest BCUT2D eigenvalue weighted by molar-refractivity contribution is -0.119. The first kappa shape index (κ1) is 12.0. The molecule has 2 aromatic heterocycles. The molecule has 2 N–H and O–H groups in total. The van der Waals surface area contributed by atoms with E-state index in [9.17, 15) is 4.79 Å². The topological polar surface area (TPSA) is 63.6 Å². The largest absolute Gasteiger partial charge is 0.370 e. The number of anilines is 1. The Balaban J connectivity index is 1.75. The van der Waals surface area contributed by atoms with Crippen molar-refractivity contribution in [3.8, 4) is 0 Å². The van der Waals surface area contributed by atoms with Gasteiger partial charge in [-0.2, -0.15) is 0 Å². The van der Waals surface area contributed by atoms with E-state index in [1.165, 1.54) is 5.82 Å². The predicted octanol–water partition coefficient (Wildman–Crippen LogP) is 1.43. The molecule has 5 nitrogen and oxygen atoms in total. The summed E-state index contributed by atoms with van der Waals surface area (Å²) in [5.41, 5.74) is 6.23. The number of nitrogens with two attached hydrogens (primary N) is 1. The average Bonchev–Trinajstić information content (AvgIpc) is 2.87. The van der Waals surface area contributed by atoms with Gasteiger partial charge in [0.1, 0.15) is 11.5 Å². The van der Waals surface area contributed by atoms with Gasteiger partial charge in [-0.1, -0.05) is 6.07 Å². The quantitative estimate of drug-likeness (QED) is 0.905. The molecule has 0 spiro atoms. The highest BCUT2D eigenvalue weighted by molar-refractivity contribution is 5.74. The van der Waals surface area contributed by atoms with Crippen LogP contribution in [0.3, 0.4) is 0 Å². The molecule has 1 amide bonds. The molecule has 0 aliphatic carbocycles. The van der Waals surface area contributed by atoms with Gasteiger partial charge in [0, 0.05) is 31.9 Å². The average molecular weight is 258 g/mol. The van der Waals surface area contributed by atoms with Crippen LogP contribution in [0.25, 0.3) is 5.65 Å². The number of rotatable bonds is 3. The minimum atomic E-state index is -0.185. The fraction of sp³-hybridized carbons (Fsp3) is 0.429. The molecule has 1 aliphatic rings. The Kier molecular flexibility index (Phi) is 3.11. The second-order valence-electron chi connectivity index (χ2n) is 5.14. The smallest absolute Gasteiger partial charge is 0.217 e. The maximum Gasteiger partial charge on any atom is 0.217 e. The van der Waals surface area contributed by atoms with Crippen molar-refractivity contribution in [3.63, 3.8) is 0 Å². The summed E-state index contributed by atoms with van der Waals surface area (Å²) in [4.78, 5) is 17.6. The van der Waals surface area contributed by atoms with E-state index in [4.69, 9.17) is 5.73 Å². The Hall–Kier alpha value is -2.04. The van der Waals surface area contributed by atoms with Crippen LogP contribution in [0, 0.1) is 5.92 Å². The number of hydrogen-bond acceptors (Lipinski definition) is 3. The molecule has 0 saturated carbocycles. The third-order valence-corrected chi connectivity index (χ3v) is 3.84. The number of nitrogens with zero attached hydrogens (tertiary/aromatic N) is 3. The fourth-order valence-corrected chi connectivity index (χ4v) is 2.84. The van der Waals surface area contributed by atoms with Gasteiger partial charge in [-0.3, -0.25) is 9.20 Å². The van der Waals surface area contributed by atoms with Gasteiger partial charge in [-0.05, 0) is 30.9 Å². The van der Waals surface area contributed by atoms with Crippen molar-refractivity contribution in [2.75, 3.05) is 18.0 Å². The summed E-state index contributed by atoms with van der Waals surface area (Å²) in [5, 5.41) is 0. The predicted molar refractivity (Wildman–Crippen MR) is 73.9 cm³/mol. The maximum atomic E-state index is 11.0. The Bertz CT molecular complexity index is 584. The zero-order valence-corrected chi connectivity index (χ0v) is 10.8. The van der Waals surface area contributed by atoms with Crippen LogP contribution in [0.1, 0.15) is 19.3 Å². The van der Waals surface area contributed by atoms with E-state index in [0.29, 0.717) is 12.3 Å². The lowest BCUT2D eigenvalue weighted by atomic mass is 9.93. The van der Waals surface area contributed by atoms with Crippen LogP contribution in [0.4, 0.5) is 5.82 Å². The summed E-state index contributed by atoms with van der Waals surface area (Å²) in [5.74, 6) is 1.43. The lowest BCUT2D eigenvalue weighted by Crippen LogP contribution is -2.36. The third kappa shape index (κ3) is 2.41. The molecule has 3 rings (SSSR count). The van der Waals surface area contributed by atoms with Gasteiger partial charge in [-0.25, -0.2) is 4.98 Å². The Labute approximate surface area is 112 Å². The molecule has 0 atom stereocenters. The number of primary amides is 1. The van der Waals surface area contributed by atoms with Gasteiger partial charge >= 0.3 is 0 Å². The second kappa shape index (κ2) is 4.91. The molecular weight excluding hydrogens is 240 g/mol. The van der Waals surface area contributed by atoms with Crippen molar-refractivity contribution in [1.82, 2.24) is 9.38 Å². The summed E-state index contributed by atoms with van der Waals surface area (Å²) in [6, 6.07) is 6.15. The Morgan fingerprint density at radius 3 is 2.89 bits per heavy atom. The molecular formula is C14H18N4O. The van der Waals surface area contributed by atoms with E-state index in [1.54, 1.807) is 0 Å². The molecule has 5 heteroatoms. The first-order chi connectivity index (χ1) is 9.24. The van der Waals surface area contributed by atoms with Crippen LogP contribution in [-0.4, -0.2) is 28.4 Å². The van der Waals surface area contributed by atoms with Gasteiger partial charge in [0.25, 0.3) is 0 Å². The summed E-state index contributed by atoms with van der Waals surface area (Å²) < 4.78 is 2.11. The van der Waals surface area contributed by atoms with Crippen molar-refractivity contribution >= 4 is 17.4 Å². The number of amides is 1. The summed E-state index contributed by atoms with van der Waals surface area (Å²) in [7, 11) is 0.